The number of rotatable bonds is 5. The van der Waals surface area contributed by atoms with Crippen molar-refractivity contribution in [2.24, 2.45) is 11.3 Å². The minimum absolute atomic E-state index is 0.177. The zero-order valence-corrected chi connectivity index (χ0v) is 15.1. The minimum atomic E-state index is -0.177. The van der Waals surface area contributed by atoms with Crippen LogP contribution in [0, 0.1) is 11.3 Å². The quantitative estimate of drug-likeness (QED) is 0.769. The lowest BCUT2D eigenvalue weighted by atomic mass is 9.62. The van der Waals surface area contributed by atoms with Crippen molar-refractivity contribution in [1.82, 2.24) is 9.80 Å². The molecule has 1 spiro atoms. The molecule has 3 fully saturated rings. The van der Waals surface area contributed by atoms with Crippen LogP contribution in [0.4, 0.5) is 0 Å². The summed E-state index contributed by atoms with van der Waals surface area (Å²) < 4.78 is 5.19. The first-order valence-electron chi connectivity index (χ1n) is 9.86. The molecule has 2 saturated heterocycles. The maximum Gasteiger partial charge on any atom is 0.231 e. The lowest BCUT2D eigenvalue weighted by Crippen LogP contribution is -2.66. The molecule has 136 valence electrons. The average molecular weight is 350 g/mol. The molecule has 1 atom stereocenters. The molecule has 26 heavy (non-hydrogen) atoms. The van der Waals surface area contributed by atoms with Crippen molar-refractivity contribution >= 4 is 5.91 Å². The molecule has 2 aliphatic heterocycles. The molecule has 4 nitrogen and oxygen atoms in total. The van der Waals surface area contributed by atoms with Crippen LogP contribution < -0.4 is 0 Å². The molecule has 1 saturated carbocycles. The first-order valence-corrected chi connectivity index (χ1v) is 9.86. The lowest BCUT2D eigenvalue weighted by molar-refractivity contribution is -0.181. The molecular weight excluding hydrogens is 324 g/mol. The van der Waals surface area contributed by atoms with Gasteiger partial charge in [-0.05, 0) is 56.3 Å². The highest BCUT2D eigenvalue weighted by atomic mass is 16.3. The van der Waals surface area contributed by atoms with Gasteiger partial charge in [0.2, 0.25) is 5.91 Å². The van der Waals surface area contributed by atoms with Gasteiger partial charge in [0.05, 0.1) is 24.0 Å². The van der Waals surface area contributed by atoms with Gasteiger partial charge in [-0.3, -0.25) is 9.69 Å². The van der Waals surface area contributed by atoms with Crippen LogP contribution >= 0.6 is 0 Å². The Balaban J connectivity index is 1.34. The van der Waals surface area contributed by atoms with Crippen molar-refractivity contribution < 1.29 is 9.21 Å². The lowest BCUT2D eigenvalue weighted by Gasteiger charge is -2.59. The number of amides is 1. The smallest absolute Gasteiger partial charge is 0.231 e. The predicted molar refractivity (Wildman–Crippen MR) is 99.3 cm³/mol. The molecule has 1 aliphatic carbocycles. The maximum atomic E-state index is 13.2. The Morgan fingerprint density at radius 2 is 1.85 bits per heavy atom. The molecule has 0 bridgehead atoms. The minimum Gasteiger partial charge on any atom is -0.472 e. The molecule has 1 aromatic carbocycles. The van der Waals surface area contributed by atoms with Gasteiger partial charge in [0.15, 0.2) is 0 Å². The largest absolute Gasteiger partial charge is 0.472 e. The Morgan fingerprint density at radius 3 is 2.50 bits per heavy atom. The van der Waals surface area contributed by atoms with Crippen LogP contribution in [0.3, 0.4) is 0 Å². The number of likely N-dealkylation sites (tertiary alicyclic amines) is 2. The van der Waals surface area contributed by atoms with Crippen molar-refractivity contribution in [1.29, 1.82) is 0 Å². The number of β-lactam (4-membered cyclic amide) rings is 1. The van der Waals surface area contributed by atoms with Crippen LogP contribution in [-0.2, 0) is 11.3 Å². The van der Waals surface area contributed by atoms with Gasteiger partial charge in [-0.1, -0.05) is 30.3 Å². The molecule has 4 heteroatoms. The van der Waals surface area contributed by atoms with Gasteiger partial charge in [-0.15, -0.1) is 0 Å². The first-order chi connectivity index (χ1) is 12.8. The Morgan fingerprint density at radius 1 is 1.08 bits per heavy atom. The van der Waals surface area contributed by atoms with Crippen LogP contribution in [0.2, 0.25) is 0 Å². The number of carbonyl (C=O) groups excluding carboxylic acids is 1. The molecule has 1 aromatic heterocycles. The van der Waals surface area contributed by atoms with Crippen LogP contribution in [-0.4, -0.2) is 35.3 Å². The van der Waals surface area contributed by atoms with Crippen LogP contribution in [0.15, 0.2) is 53.3 Å². The third kappa shape index (κ3) is 2.67. The van der Waals surface area contributed by atoms with Gasteiger partial charge in [-0.25, -0.2) is 0 Å². The highest BCUT2D eigenvalue weighted by Gasteiger charge is 2.61. The standard InChI is InChI=1S/C22H26N2O2/c25-21-22(9-11-23(12-10-22)14-18-8-13-26-16-18)20(19-4-2-1-3-5-19)24(21)15-17-6-7-17/h1-5,8,13,16-17,20H,6-7,9-12,14-15H2/t20-/m1/s1. The summed E-state index contributed by atoms with van der Waals surface area (Å²) in [5.74, 6) is 1.14. The molecule has 0 radical (unpaired) electrons. The van der Waals surface area contributed by atoms with Crippen molar-refractivity contribution in [3.63, 3.8) is 0 Å². The fourth-order valence-electron chi connectivity index (χ4n) is 4.89. The van der Waals surface area contributed by atoms with E-state index in [1.807, 2.05) is 12.3 Å². The summed E-state index contributed by atoms with van der Waals surface area (Å²) >= 11 is 0. The molecule has 0 unspecified atom stereocenters. The van der Waals surface area contributed by atoms with E-state index < -0.39 is 0 Å². The van der Waals surface area contributed by atoms with Crippen molar-refractivity contribution in [3.8, 4) is 0 Å². The van der Waals surface area contributed by atoms with E-state index in [2.05, 4.69) is 40.1 Å². The number of carbonyl (C=O) groups is 1. The second kappa shape index (κ2) is 6.27. The summed E-state index contributed by atoms with van der Waals surface area (Å²) in [5.41, 5.74) is 2.36. The molecule has 0 N–H and O–H groups in total. The fraction of sp³-hybridized carbons (Fsp3) is 0.500. The van der Waals surface area contributed by atoms with Crippen LogP contribution in [0.1, 0.15) is 42.9 Å². The summed E-state index contributed by atoms with van der Waals surface area (Å²) in [6.45, 7) is 3.84. The summed E-state index contributed by atoms with van der Waals surface area (Å²) in [6.07, 6.45) is 8.06. The van der Waals surface area contributed by atoms with E-state index >= 15 is 0 Å². The number of hydrogen-bond acceptors (Lipinski definition) is 3. The normalized spacial score (nSPS) is 25.5. The number of furan rings is 1. The summed E-state index contributed by atoms with van der Waals surface area (Å²) in [6, 6.07) is 13.0. The summed E-state index contributed by atoms with van der Waals surface area (Å²) in [7, 11) is 0. The fourth-order valence-corrected chi connectivity index (χ4v) is 4.89. The van der Waals surface area contributed by atoms with Crippen molar-refractivity contribution in [2.75, 3.05) is 19.6 Å². The predicted octanol–water partition coefficient (Wildman–Crippen LogP) is 3.86. The van der Waals surface area contributed by atoms with E-state index in [0.717, 1.165) is 44.9 Å². The van der Waals surface area contributed by atoms with Gasteiger partial charge >= 0.3 is 0 Å². The zero-order valence-electron chi connectivity index (χ0n) is 15.1. The Bertz CT molecular complexity index is 759. The van der Waals surface area contributed by atoms with Crippen LogP contribution in [0.25, 0.3) is 0 Å². The third-order valence-corrected chi connectivity index (χ3v) is 6.52. The molecule has 1 amide bonds. The number of benzene rings is 1. The average Bonchev–Trinajstić information content (AvgIpc) is 3.36. The topological polar surface area (TPSA) is 36.7 Å². The monoisotopic (exact) mass is 350 g/mol. The molecule has 2 aromatic rings. The zero-order chi connectivity index (χ0) is 17.6. The summed E-state index contributed by atoms with van der Waals surface area (Å²) in [4.78, 5) is 17.8. The molecule has 5 rings (SSSR count). The van der Waals surface area contributed by atoms with E-state index in [4.69, 9.17) is 4.42 Å². The van der Waals surface area contributed by atoms with E-state index in [1.165, 1.54) is 24.0 Å². The number of piperidine rings is 1. The number of nitrogens with zero attached hydrogens (tertiary/aromatic N) is 2. The second-order valence-corrected chi connectivity index (χ2v) is 8.28. The molecular formula is C22H26N2O2. The van der Waals surface area contributed by atoms with Gasteiger partial charge in [-0.2, -0.15) is 0 Å². The molecule has 3 aliphatic rings. The highest BCUT2D eigenvalue weighted by molar-refractivity contribution is 5.91. The Kier molecular flexibility index (Phi) is 3.89. The second-order valence-electron chi connectivity index (χ2n) is 8.28. The highest BCUT2D eigenvalue weighted by Crippen LogP contribution is 2.57. The Labute approximate surface area is 154 Å². The number of hydrogen-bond donors (Lipinski definition) is 0. The Hall–Kier alpha value is -2.07. The first kappa shape index (κ1) is 16.1. The van der Waals surface area contributed by atoms with E-state index in [1.54, 1.807) is 6.26 Å². The van der Waals surface area contributed by atoms with E-state index in [9.17, 15) is 4.79 Å². The summed E-state index contributed by atoms with van der Waals surface area (Å²) in [5, 5.41) is 0. The van der Waals surface area contributed by atoms with E-state index in [0.29, 0.717) is 5.91 Å². The SMILES string of the molecule is O=C1N(CC2CC2)[C@H](c2ccccc2)C12CCN(Cc1ccoc1)CC2. The van der Waals surface area contributed by atoms with Gasteiger partial charge in [0, 0.05) is 18.7 Å². The third-order valence-electron chi connectivity index (χ3n) is 6.52. The van der Waals surface area contributed by atoms with Gasteiger partial charge < -0.3 is 9.32 Å². The van der Waals surface area contributed by atoms with E-state index in [-0.39, 0.29) is 11.5 Å². The van der Waals surface area contributed by atoms with Gasteiger partial charge in [0.1, 0.15) is 0 Å². The van der Waals surface area contributed by atoms with Crippen molar-refractivity contribution in [2.45, 2.75) is 38.3 Å². The van der Waals surface area contributed by atoms with Crippen molar-refractivity contribution in [3.05, 3.63) is 60.1 Å². The molecule has 3 heterocycles. The van der Waals surface area contributed by atoms with Crippen LogP contribution in [0.5, 0.6) is 0 Å². The van der Waals surface area contributed by atoms with Gasteiger partial charge in [0.25, 0.3) is 0 Å². The maximum absolute atomic E-state index is 13.2.